The molecule has 0 aromatic heterocycles. The molecule has 0 aliphatic carbocycles. The molecule has 0 bridgehead atoms. The molecule has 1 aliphatic heterocycles. The molecule has 2 N–H and O–H groups in total. The fraction of sp³-hybridized carbons (Fsp3) is 0.333. The van der Waals surface area contributed by atoms with Crippen LogP contribution in [0.15, 0.2) is 83.8 Å². The van der Waals surface area contributed by atoms with Crippen LogP contribution in [0.1, 0.15) is 11.1 Å². The fourth-order valence-corrected chi connectivity index (χ4v) is 5.92. The van der Waals surface area contributed by atoms with Gasteiger partial charge in [-0.05, 0) is 47.5 Å². The van der Waals surface area contributed by atoms with Crippen molar-refractivity contribution in [3.63, 3.8) is 0 Å². The van der Waals surface area contributed by atoms with Gasteiger partial charge in [0.05, 0.1) is 24.7 Å². The van der Waals surface area contributed by atoms with E-state index in [4.69, 9.17) is 9.47 Å². The number of benzene rings is 3. The highest BCUT2D eigenvalue weighted by Crippen LogP contribution is 2.21. The van der Waals surface area contributed by atoms with Crippen LogP contribution in [-0.4, -0.2) is 86.6 Å². The normalized spacial score (nSPS) is 14.6. The maximum Gasteiger partial charge on any atom is 0.261 e. The van der Waals surface area contributed by atoms with Crippen molar-refractivity contribution >= 4 is 21.8 Å². The number of aliphatic hydroxyl groups is 1. The molecule has 12 heteroatoms. The van der Waals surface area contributed by atoms with Crippen LogP contribution in [0, 0.1) is 5.82 Å². The molecular weight excluding hydrogens is 565 g/mol. The molecule has 10 nitrogen and oxygen atoms in total. The van der Waals surface area contributed by atoms with Gasteiger partial charge in [-0.2, -0.15) is 4.31 Å². The van der Waals surface area contributed by atoms with E-state index < -0.39 is 40.3 Å². The lowest BCUT2D eigenvalue weighted by Crippen LogP contribution is -2.52. The largest absolute Gasteiger partial charge is 0.484 e. The number of nitrogens with zero attached hydrogens (tertiary/aromatic N) is 2. The van der Waals surface area contributed by atoms with Gasteiger partial charge in [0.1, 0.15) is 17.6 Å². The fourth-order valence-electron chi connectivity index (χ4n) is 4.51. The zero-order valence-corrected chi connectivity index (χ0v) is 23.8. The monoisotopic (exact) mass is 599 g/mol. The second-order valence-corrected chi connectivity index (χ2v) is 11.6. The third-order valence-corrected chi connectivity index (χ3v) is 8.66. The average molecular weight is 600 g/mol. The van der Waals surface area contributed by atoms with Gasteiger partial charge in [-0.25, -0.2) is 12.8 Å². The summed E-state index contributed by atoms with van der Waals surface area (Å²) in [7, 11) is -3.69. The number of carbonyl (C=O) groups excluding carboxylic acids is 2. The number of amides is 2. The van der Waals surface area contributed by atoms with Crippen molar-refractivity contribution in [2.45, 2.75) is 23.9 Å². The highest BCUT2D eigenvalue weighted by Gasteiger charge is 2.31. The summed E-state index contributed by atoms with van der Waals surface area (Å²) in [6.07, 6.45) is 0.194. The van der Waals surface area contributed by atoms with Crippen molar-refractivity contribution < 1.29 is 37.0 Å². The maximum absolute atomic E-state index is 13.6. The molecule has 1 fully saturated rings. The first-order chi connectivity index (χ1) is 20.3. The average Bonchev–Trinajstić information content (AvgIpc) is 3.02. The van der Waals surface area contributed by atoms with Gasteiger partial charge in [0, 0.05) is 32.6 Å². The van der Waals surface area contributed by atoms with E-state index in [1.54, 1.807) is 0 Å². The lowest BCUT2D eigenvalue weighted by Gasteiger charge is -2.31. The topological polar surface area (TPSA) is 125 Å². The van der Waals surface area contributed by atoms with Crippen LogP contribution in [0.25, 0.3) is 0 Å². The van der Waals surface area contributed by atoms with Crippen molar-refractivity contribution in [3.8, 4) is 5.75 Å². The summed E-state index contributed by atoms with van der Waals surface area (Å²) in [5, 5.41) is 11.9. The summed E-state index contributed by atoms with van der Waals surface area (Å²) in [5.41, 5.74) is 1.42. The summed E-state index contributed by atoms with van der Waals surface area (Å²) >= 11 is 0. The number of sulfonamides is 1. The predicted octanol–water partition coefficient (Wildman–Crippen LogP) is 1.97. The Morgan fingerprint density at radius 3 is 2.29 bits per heavy atom. The SMILES string of the molecule is O=C(NCCO)C(Cc1ccccc1)N(Cc1ccc(F)cc1)C(=O)COc1ccc(S(=O)(=O)N2CCOCC2)cc1. The third-order valence-electron chi connectivity index (χ3n) is 6.74. The van der Waals surface area contributed by atoms with E-state index in [-0.39, 0.29) is 49.9 Å². The molecule has 0 saturated carbocycles. The van der Waals surface area contributed by atoms with Crippen LogP contribution in [-0.2, 0) is 37.3 Å². The Kier molecular flexibility index (Phi) is 11.0. The molecule has 3 aromatic carbocycles. The van der Waals surface area contributed by atoms with Crippen molar-refractivity contribution in [2.24, 2.45) is 0 Å². The lowest BCUT2D eigenvalue weighted by atomic mass is 10.0. The molecule has 42 heavy (non-hydrogen) atoms. The number of rotatable bonds is 13. The summed E-state index contributed by atoms with van der Waals surface area (Å²) in [5.74, 6) is -1.12. The van der Waals surface area contributed by atoms with Crippen molar-refractivity contribution in [1.29, 1.82) is 0 Å². The first-order valence-electron chi connectivity index (χ1n) is 13.5. The number of hydrogen-bond acceptors (Lipinski definition) is 7. The van der Waals surface area contributed by atoms with Gasteiger partial charge in [0.25, 0.3) is 5.91 Å². The molecule has 2 amide bonds. The Bertz CT molecular complexity index is 1420. The molecule has 1 unspecified atom stereocenters. The Morgan fingerprint density at radius 1 is 0.976 bits per heavy atom. The van der Waals surface area contributed by atoms with E-state index in [1.165, 1.54) is 57.7 Å². The minimum Gasteiger partial charge on any atom is -0.484 e. The predicted molar refractivity (Wildman–Crippen MR) is 152 cm³/mol. The highest BCUT2D eigenvalue weighted by atomic mass is 32.2. The quantitative estimate of drug-likeness (QED) is 0.308. The number of carbonyl (C=O) groups is 2. The van der Waals surface area contributed by atoms with E-state index in [2.05, 4.69) is 5.32 Å². The zero-order valence-electron chi connectivity index (χ0n) is 23.0. The highest BCUT2D eigenvalue weighted by molar-refractivity contribution is 7.89. The van der Waals surface area contributed by atoms with Crippen LogP contribution < -0.4 is 10.1 Å². The first-order valence-corrected chi connectivity index (χ1v) is 15.0. The van der Waals surface area contributed by atoms with Gasteiger partial charge in [0.2, 0.25) is 15.9 Å². The number of halogens is 1. The standard InChI is InChI=1S/C30H34FN3O7S/c31-25-8-6-24(7-9-25)21-34(28(30(37)32-14-17-35)20-23-4-2-1-3-5-23)29(36)22-41-26-10-12-27(13-11-26)42(38,39)33-15-18-40-19-16-33/h1-13,28,35H,14-22H2,(H,32,37). The summed E-state index contributed by atoms with van der Waals surface area (Å²) in [6.45, 7) is 0.526. The summed E-state index contributed by atoms with van der Waals surface area (Å²) in [6, 6.07) is 19.6. The van der Waals surface area contributed by atoms with Gasteiger partial charge in [-0.3, -0.25) is 9.59 Å². The first kappa shape index (κ1) is 31.1. The van der Waals surface area contributed by atoms with Crippen LogP contribution in [0.4, 0.5) is 4.39 Å². The van der Waals surface area contributed by atoms with E-state index >= 15 is 0 Å². The van der Waals surface area contributed by atoms with E-state index in [0.717, 1.165) is 5.56 Å². The number of nitrogens with one attached hydrogen (secondary N) is 1. The van der Waals surface area contributed by atoms with Crippen LogP contribution in [0.5, 0.6) is 5.75 Å². The summed E-state index contributed by atoms with van der Waals surface area (Å²) in [4.78, 5) is 28.3. The molecule has 3 aromatic rings. The minimum atomic E-state index is -3.69. The van der Waals surface area contributed by atoms with Crippen molar-refractivity contribution in [2.75, 3.05) is 46.1 Å². The lowest BCUT2D eigenvalue weighted by molar-refractivity contribution is -0.142. The number of aliphatic hydroxyl groups excluding tert-OH is 1. The number of ether oxygens (including phenoxy) is 2. The van der Waals surface area contributed by atoms with Gasteiger partial charge >= 0.3 is 0 Å². The Labute approximate surface area is 244 Å². The third kappa shape index (κ3) is 8.35. The van der Waals surface area contributed by atoms with Gasteiger partial charge in [-0.1, -0.05) is 42.5 Å². The number of morpholine rings is 1. The van der Waals surface area contributed by atoms with Crippen LogP contribution >= 0.6 is 0 Å². The molecule has 4 rings (SSSR count). The Hall–Kier alpha value is -3.84. The van der Waals surface area contributed by atoms with E-state index in [1.807, 2.05) is 30.3 Å². The second kappa shape index (κ2) is 14.9. The zero-order chi connectivity index (χ0) is 30.0. The van der Waals surface area contributed by atoms with Crippen molar-refractivity contribution in [1.82, 2.24) is 14.5 Å². The van der Waals surface area contributed by atoms with Gasteiger partial charge in [-0.15, -0.1) is 0 Å². The van der Waals surface area contributed by atoms with Crippen LogP contribution in [0.2, 0.25) is 0 Å². The van der Waals surface area contributed by atoms with Crippen LogP contribution in [0.3, 0.4) is 0 Å². The Balaban J connectivity index is 1.53. The molecule has 1 heterocycles. The molecular formula is C30H34FN3O7S. The van der Waals surface area contributed by atoms with Gasteiger partial charge in [0.15, 0.2) is 6.61 Å². The summed E-state index contributed by atoms with van der Waals surface area (Å²) < 4.78 is 51.7. The Morgan fingerprint density at radius 2 is 1.64 bits per heavy atom. The minimum absolute atomic E-state index is 0.00322. The van der Waals surface area contributed by atoms with Crippen molar-refractivity contribution in [3.05, 3.63) is 95.8 Å². The maximum atomic E-state index is 13.6. The smallest absolute Gasteiger partial charge is 0.261 e. The van der Waals surface area contributed by atoms with E-state index in [9.17, 15) is 27.5 Å². The second-order valence-electron chi connectivity index (χ2n) is 9.64. The van der Waals surface area contributed by atoms with E-state index in [0.29, 0.717) is 18.8 Å². The molecule has 1 saturated heterocycles. The molecule has 224 valence electrons. The molecule has 1 aliphatic rings. The molecule has 1 atom stereocenters. The van der Waals surface area contributed by atoms with Gasteiger partial charge < -0.3 is 24.8 Å². The molecule has 0 radical (unpaired) electrons. The number of hydrogen-bond donors (Lipinski definition) is 2. The molecule has 0 spiro atoms.